The van der Waals surface area contributed by atoms with Crippen molar-refractivity contribution in [2.45, 2.75) is 31.3 Å². The predicted octanol–water partition coefficient (Wildman–Crippen LogP) is 1.53. The number of aromatic carboxylic acids is 1. The molecular weight excluding hydrogens is 220 g/mol. The van der Waals surface area contributed by atoms with Crippen LogP contribution in [0.25, 0.3) is 6.08 Å². The molecule has 2 saturated heterocycles. The van der Waals surface area contributed by atoms with Crippen LogP contribution in [0.2, 0.25) is 0 Å². The molecule has 0 spiro atoms. The van der Waals surface area contributed by atoms with E-state index < -0.39 is 5.97 Å². The van der Waals surface area contributed by atoms with Crippen LogP contribution in [0, 0.1) is 5.92 Å². The van der Waals surface area contributed by atoms with E-state index in [-0.39, 0.29) is 5.69 Å². The Hall–Kier alpha value is -1.62. The molecule has 0 aliphatic carbocycles. The quantitative estimate of drug-likeness (QED) is 0.829. The molecule has 2 N–H and O–H groups in total. The van der Waals surface area contributed by atoms with Crippen molar-refractivity contribution in [2.24, 2.45) is 5.92 Å². The van der Waals surface area contributed by atoms with Crippen molar-refractivity contribution in [3.63, 3.8) is 0 Å². The lowest BCUT2D eigenvalue weighted by molar-refractivity contribution is 0.0685. The van der Waals surface area contributed by atoms with Crippen molar-refractivity contribution in [3.8, 4) is 0 Å². The molecule has 3 unspecified atom stereocenters. The highest BCUT2D eigenvalue weighted by Gasteiger charge is 2.37. The summed E-state index contributed by atoms with van der Waals surface area (Å²) in [6.45, 7) is 0. The molecule has 3 atom stereocenters. The van der Waals surface area contributed by atoms with Gasteiger partial charge in [-0.05, 0) is 31.3 Å². The fourth-order valence-electron chi connectivity index (χ4n) is 2.77. The van der Waals surface area contributed by atoms with Crippen molar-refractivity contribution in [2.75, 3.05) is 0 Å². The number of rotatable bonds is 3. The Bertz CT molecular complexity index is 466. The second kappa shape index (κ2) is 4.00. The van der Waals surface area contributed by atoms with Crippen molar-refractivity contribution in [3.05, 3.63) is 23.6 Å². The van der Waals surface area contributed by atoms with E-state index in [1.165, 1.54) is 25.3 Å². The molecule has 5 nitrogen and oxygen atoms in total. The van der Waals surface area contributed by atoms with E-state index in [9.17, 15) is 4.79 Å². The van der Waals surface area contributed by atoms with Gasteiger partial charge in [0.2, 0.25) is 0 Å². The Kier molecular flexibility index (Phi) is 2.48. The average Bonchev–Trinajstić information content (AvgIpc) is 3.02. The minimum absolute atomic E-state index is 0.0456. The summed E-state index contributed by atoms with van der Waals surface area (Å²) < 4.78 is 4.93. The van der Waals surface area contributed by atoms with Crippen LogP contribution in [-0.4, -0.2) is 28.3 Å². The van der Waals surface area contributed by atoms with E-state index in [0.29, 0.717) is 23.8 Å². The van der Waals surface area contributed by atoms with Crippen molar-refractivity contribution < 1.29 is 14.4 Å². The molecule has 2 aliphatic heterocycles. The van der Waals surface area contributed by atoms with Gasteiger partial charge in [0.05, 0.1) is 0 Å². The molecule has 3 rings (SSSR count). The number of carbonyl (C=O) groups is 1. The van der Waals surface area contributed by atoms with Gasteiger partial charge in [0.1, 0.15) is 0 Å². The second-order valence-electron chi connectivity index (χ2n) is 4.73. The highest BCUT2D eigenvalue weighted by Crippen LogP contribution is 2.34. The maximum atomic E-state index is 10.6. The number of aromatic nitrogens is 1. The number of hydrogen-bond acceptors (Lipinski definition) is 4. The number of nitrogens with one attached hydrogen (secondary N) is 1. The molecule has 90 valence electrons. The van der Waals surface area contributed by atoms with Crippen LogP contribution in [0.3, 0.4) is 0 Å². The average molecular weight is 234 g/mol. The number of carboxylic acid groups (broad SMARTS) is 1. The predicted molar refractivity (Wildman–Crippen MR) is 60.5 cm³/mol. The summed E-state index contributed by atoms with van der Waals surface area (Å²) >= 11 is 0. The summed E-state index contributed by atoms with van der Waals surface area (Å²) in [5.41, 5.74) is -0.0456. The van der Waals surface area contributed by atoms with Crippen LogP contribution in [0.4, 0.5) is 0 Å². The van der Waals surface area contributed by atoms with Gasteiger partial charge in [0.15, 0.2) is 11.5 Å². The first-order valence-corrected chi connectivity index (χ1v) is 5.86. The van der Waals surface area contributed by atoms with Crippen LogP contribution >= 0.6 is 0 Å². The molecule has 0 radical (unpaired) electrons. The Morgan fingerprint density at radius 3 is 3.06 bits per heavy atom. The van der Waals surface area contributed by atoms with Gasteiger partial charge < -0.3 is 14.9 Å². The molecule has 1 aromatic heterocycles. The highest BCUT2D eigenvalue weighted by molar-refractivity contribution is 5.85. The van der Waals surface area contributed by atoms with Gasteiger partial charge in [-0.15, -0.1) is 0 Å². The van der Waals surface area contributed by atoms with E-state index in [1.54, 1.807) is 0 Å². The molecule has 17 heavy (non-hydrogen) atoms. The molecule has 1 aromatic rings. The Morgan fingerprint density at radius 2 is 2.47 bits per heavy atom. The SMILES string of the molecule is O=C(O)c1cc(/C=C/C2CC3CCC2N3)on1. The maximum absolute atomic E-state index is 10.6. The fourth-order valence-corrected chi connectivity index (χ4v) is 2.77. The smallest absolute Gasteiger partial charge is 0.358 e. The molecule has 0 aromatic carbocycles. The first kappa shape index (κ1) is 10.5. The first-order valence-electron chi connectivity index (χ1n) is 5.86. The van der Waals surface area contributed by atoms with Crippen LogP contribution in [0.5, 0.6) is 0 Å². The molecule has 0 amide bonds. The van der Waals surface area contributed by atoms with Crippen LogP contribution in [-0.2, 0) is 0 Å². The summed E-state index contributed by atoms with van der Waals surface area (Å²) in [4.78, 5) is 10.6. The van der Waals surface area contributed by atoms with Crippen LogP contribution in [0.15, 0.2) is 16.7 Å². The van der Waals surface area contributed by atoms with Gasteiger partial charge in [0.25, 0.3) is 0 Å². The van der Waals surface area contributed by atoms with Gasteiger partial charge in [-0.25, -0.2) is 4.79 Å². The number of hydrogen-bond donors (Lipinski definition) is 2. The molecule has 3 heterocycles. The normalized spacial score (nSPS) is 31.4. The molecule has 2 aliphatic rings. The Balaban J connectivity index is 1.67. The zero-order valence-electron chi connectivity index (χ0n) is 9.30. The first-order chi connectivity index (χ1) is 8.22. The second-order valence-corrected chi connectivity index (χ2v) is 4.73. The van der Waals surface area contributed by atoms with Gasteiger partial charge in [-0.3, -0.25) is 0 Å². The Labute approximate surface area is 98.5 Å². The summed E-state index contributed by atoms with van der Waals surface area (Å²) in [7, 11) is 0. The minimum Gasteiger partial charge on any atom is -0.476 e. The van der Waals surface area contributed by atoms with E-state index in [4.69, 9.17) is 9.63 Å². The molecule has 0 saturated carbocycles. The van der Waals surface area contributed by atoms with Crippen LogP contribution in [0.1, 0.15) is 35.5 Å². The lowest BCUT2D eigenvalue weighted by Crippen LogP contribution is -2.21. The Morgan fingerprint density at radius 1 is 1.59 bits per heavy atom. The van der Waals surface area contributed by atoms with Crippen LogP contribution < -0.4 is 5.32 Å². The minimum atomic E-state index is -1.06. The molecular formula is C12H14N2O3. The lowest BCUT2D eigenvalue weighted by Gasteiger charge is -2.15. The van der Waals surface area contributed by atoms with E-state index in [0.717, 1.165) is 0 Å². The fraction of sp³-hybridized carbons (Fsp3) is 0.500. The van der Waals surface area contributed by atoms with Gasteiger partial charge in [0, 0.05) is 18.2 Å². The van der Waals surface area contributed by atoms with E-state index in [2.05, 4.69) is 16.5 Å². The third-order valence-electron chi connectivity index (χ3n) is 3.60. The summed E-state index contributed by atoms with van der Waals surface area (Å²) in [6, 6.07) is 2.69. The largest absolute Gasteiger partial charge is 0.476 e. The summed E-state index contributed by atoms with van der Waals surface area (Å²) in [5.74, 6) is -0.0210. The standard InChI is InChI=1S/C12H14N2O3/c15-12(16)11-6-9(17-14-11)3-1-7-5-8-2-4-10(7)13-8/h1,3,6-8,10,13H,2,4-5H2,(H,15,16)/b3-1+. The van der Waals surface area contributed by atoms with Crippen molar-refractivity contribution in [1.82, 2.24) is 10.5 Å². The molecule has 5 heteroatoms. The third-order valence-corrected chi connectivity index (χ3v) is 3.60. The van der Waals surface area contributed by atoms with Gasteiger partial charge in [-0.2, -0.15) is 0 Å². The lowest BCUT2D eigenvalue weighted by atomic mass is 9.89. The topological polar surface area (TPSA) is 75.4 Å². The highest BCUT2D eigenvalue weighted by atomic mass is 16.5. The monoisotopic (exact) mass is 234 g/mol. The number of fused-ring (bicyclic) bond motifs is 2. The van der Waals surface area contributed by atoms with E-state index >= 15 is 0 Å². The maximum Gasteiger partial charge on any atom is 0.358 e. The number of carboxylic acids is 1. The van der Waals surface area contributed by atoms with Crippen molar-refractivity contribution >= 4 is 12.0 Å². The van der Waals surface area contributed by atoms with Gasteiger partial charge >= 0.3 is 5.97 Å². The number of nitrogens with zero attached hydrogens (tertiary/aromatic N) is 1. The zero-order valence-corrected chi connectivity index (χ0v) is 9.30. The summed E-state index contributed by atoms with van der Waals surface area (Å²) in [6.07, 6.45) is 7.60. The third kappa shape index (κ3) is 1.98. The summed E-state index contributed by atoms with van der Waals surface area (Å²) in [5, 5.41) is 15.7. The molecule has 2 fully saturated rings. The van der Waals surface area contributed by atoms with Crippen molar-refractivity contribution in [1.29, 1.82) is 0 Å². The van der Waals surface area contributed by atoms with Gasteiger partial charge in [-0.1, -0.05) is 11.2 Å². The zero-order chi connectivity index (χ0) is 11.8. The molecule has 2 bridgehead atoms. The van der Waals surface area contributed by atoms with E-state index in [1.807, 2.05) is 6.08 Å².